The molecule has 0 saturated carbocycles. The Hall–Kier alpha value is -1.19. The number of nitrogens with one attached hydrogen (secondary N) is 1. The second-order valence-corrected chi connectivity index (χ2v) is 5.97. The third-order valence-electron chi connectivity index (χ3n) is 4.56. The second kappa shape index (κ2) is 6.06. The molecule has 1 saturated heterocycles. The van der Waals surface area contributed by atoms with Crippen molar-refractivity contribution in [3.8, 4) is 0 Å². The third kappa shape index (κ3) is 2.65. The van der Waals surface area contributed by atoms with Gasteiger partial charge in [0, 0.05) is 12.5 Å². The fraction of sp³-hybridized carbons (Fsp3) is 0.588. The molecule has 3 nitrogen and oxygen atoms in total. The van der Waals surface area contributed by atoms with Crippen LogP contribution in [0.1, 0.15) is 36.8 Å². The maximum absolute atomic E-state index is 12.5. The molecule has 0 radical (unpaired) electrons. The Bertz CT molecular complexity index is 486. The van der Waals surface area contributed by atoms with Crippen LogP contribution >= 0.6 is 0 Å². The zero-order chi connectivity index (χ0) is 13.9. The molecule has 3 rings (SSSR count). The predicted molar refractivity (Wildman–Crippen MR) is 78.9 cm³/mol. The molecule has 1 aliphatic carbocycles. The molecule has 20 heavy (non-hydrogen) atoms. The minimum Gasteiger partial charge on any atom is -0.379 e. The number of ketones is 1. The van der Waals surface area contributed by atoms with E-state index < -0.39 is 0 Å². The average Bonchev–Trinajstić information content (AvgIpc) is 2.91. The Balaban J connectivity index is 1.57. The average molecular weight is 273 g/mol. The SMILES string of the molecule is CCCNC1COCC1C(=O)CC1Cc2ccccc21. The van der Waals surface area contributed by atoms with E-state index in [9.17, 15) is 4.79 Å². The molecular formula is C17H23NO2. The molecule has 3 unspecified atom stereocenters. The fourth-order valence-electron chi connectivity index (χ4n) is 3.34. The van der Waals surface area contributed by atoms with Crippen molar-refractivity contribution in [2.24, 2.45) is 5.92 Å². The summed E-state index contributed by atoms with van der Waals surface area (Å²) in [5.41, 5.74) is 2.78. The first kappa shape index (κ1) is 13.8. The highest BCUT2D eigenvalue weighted by atomic mass is 16.5. The van der Waals surface area contributed by atoms with Crippen LogP contribution in [0.3, 0.4) is 0 Å². The van der Waals surface area contributed by atoms with Crippen LogP contribution in [0.2, 0.25) is 0 Å². The maximum Gasteiger partial charge on any atom is 0.140 e. The van der Waals surface area contributed by atoms with E-state index in [-0.39, 0.29) is 12.0 Å². The summed E-state index contributed by atoms with van der Waals surface area (Å²) >= 11 is 0. The summed E-state index contributed by atoms with van der Waals surface area (Å²) in [4.78, 5) is 12.5. The van der Waals surface area contributed by atoms with Crippen LogP contribution in [0.4, 0.5) is 0 Å². The summed E-state index contributed by atoms with van der Waals surface area (Å²) in [5, 5.41) is 3.44. The Morgan fingerprint density at radius 1 is 1.35 bits per heavy atom. The first-order valence-corrected chi connectivity index (χ1v) is 7.71. The van der Waals surface area contributed by atoms with Crippen molar-refractivity contribution in [3.05, 3.63) is 35.4 Å². The number of carbonyl (C=O) groups is 1. The number of hydrogen-bond acceptors (Lipinski definition) is 3. The molecule has 0 spiro atoms. The van der Waals surface area contributed by atoms with Crippen LogP contribution in [0.5, 0.6) is 0 Å². The quantitative estimate of drug-likeness (QED) is 0.864. The van der Waals surface area contributed by atoms with Crippen molar-refractivity contribution in [2.75, 3.05) is 19.8 Å². The van der Waals surface area contributed by atoms with E-state index in [0.29, 0.717) is 31.3 Å². The molecule has 0 bridgehead atoms. The lowest BCUT2D eigenvalue weighted by atomic mass is 9.73. The van der Waals surface area contributed by atoms with E-state index in [1.54, 1.807) is 0 Å². The third-order valence-corrected chi connectivity index (χ3v) is 4.56. The second-order valence-electron chi connectivity index (χ2n) is 5.97. The summed E-state index contributed by atoms with van der Waals surface area (Å²) in [5.74, 6) is 0.857. The summed E-state index contributed by atoms with van der Waals surface area (Å²) in [6.07, 6.45) is 2.82. The molecule has 1 aromatic rings. The summed E-state index contributed by atoms with van der Waals surface area (Å²) in [7, 11) is 0. The molecule has 3 atom stereocenters. The standard InChI is InChI=1S/C17H23NO2/c1-2-7-18-16-11-20-10-15(16)17(19)9-13-8-12-5-3-4-6-14(12)13/h3-6,13,15-16,18H,2,7-11H2,1H3. The molecule has 1 aromatic carbocycles. The van der Waals surface area contributed by atoms with Crippen molar-refractivity contribution >= 4 is 5.78 Å². The van der Waals surface area contributed by atoms with Crippen molar-refractivity contribution in [2.45, 2.75) is 38.1 Å². The van der Waals surface area contributed by atoms with Gasteiger partial charge in [0.15, 0.2) is 0 Å². The molecule has 0 amide bonds. The highest BCUT2D eigenvalue weighted by Crippen LogP contribution is 2.38. The van der Waals surface area contributed by atoms with Gasteiger partial charge in [-0.15, -0.1) is 0 Å². The predicted octanol–water partition coefficient (Wildman–Crippen LogP) is 2.30. The van der Waals surface area contributed by atoms with E-state index in [4.69, 9.17) is 4.74 Å². The van der Waals surface area contributed by atoms with Gasteiger partial charge in [-0.25, -0.2) is 0 Å². The van der Waals surface area contributed by atoms with Gasteiger partial charge in [0.1, 0.15) is 5.78 Å². The highest BCUT2D eigenvalue weighted by Gasteiger charge is 2.36. The molecule has 1 aliphatic heterocycles. The van der Waals surface area contributed by atoms with E-state index in [2.05, 4.69) is 36.5 Å². The lowest BCUT2D eigenvalue weighted by Crippen LogP contribution is -2.40. The number of hydrogen-bond donors (Lipinski definition) is 1. The minimum atomic E-state index is 0.0503. The van der Waals surface area contributed by atoms with Gasteiger partial charge in [-0.1, -0.05) is 31.2 Å². The van der Waals surface area contributed by atoms with Crippen molar-refractivity contribution < 1.29 is 9.53 Å². The molecule has 108 valence electrons. The first-order valence-electron chi connectivity index (χ1n) is 7.71. The van der Waals surface area contributed by atoms with Crippen LogP contribution in [-0.4, -0.2) is 31.6 Å². The van der Waals surface area contributed by atoms with Gasteiger partial charge in [-0.05, 0) is 36.4 Å². The number of Topliss-reactive ketones (excluding diaryl/α,β-unsaturated/α-hetero) is 1. The zero-order valence-corrected chi connectivity index (χ0v) is 12.1. The van der Waals surface area contributed by atoms with Crippen molar-refractivity contribution in [1.82, 2.24) is 5.32 Å². The molecule has 0 aromatic heterocycles. The number of benzene rings is 1. The van der Waals surface area contributed by atoms with Crippen LogP contribution < -0.4 is 5.32 Å². The molecule has 1 heterocycles. The Morgan fingerprint density at radius 2 is 2.20 bits per heavy atom. The van der Waals surface area contributed by atoms with Crippen LogP contribution in [0, 0.1) is 5.92 Å². The van der Waals surface area contributed by atoms with E-state index >= 15 is 0 Å². The number of fused-ring (bicyclic) bond motifs is 1. The normalized spacial score (nSPS) is 27.9. The summed E-state index contributed by atoms with van der Waals surface area (Å²) in [6, 6.07) is 8.69. The number of rotatable bonds is 6. The van der Waals surface area contributed by atoms with Crippen molar-refractivity contribution in [3.63, 3.8) is 0 Å². The van der Waals surface area contributed by atoms with Crippen LogP contribution in [0.15, 0.2) is 24.3 Å². The zero-order valence-electron chi connectivity index (χ0n) is 12.1. The Morgan fingerprint density at radius 3 is 3.00 bits per heavy atom. The number of ether oxygens (including phenoxy) is 1. The summed E-state index contributed by atoms with van der Waals surface area (Å²) in [6.45, 7) is 4.38. The monoisotopic (exact) mass is 273 g/mol. The molecule has 1 N–H and O–H groups in total. The van der Waals surface area contributed by atoms with E-state index in [1.165, 1.54) is 11.1 Å². The van der Waals surface area contributed by atoms with Crippen LogP contribution in [-0.2, 0) is 16.0 Å². The van der Waals surface area contributed by atoms with Gasteiger partial charge in [0.2, 0.25) is 0 Å². The lowest BCUT2D eigenvalue weighted by Gasteiger charge is -2.30. The van der Waals surface area contributed by atoms with Gasteiger partial charge in [-0.2, -0.15) is 0 Å². The molecule has 1 fully saturated rings. The topological polar surface area (TPSA) is 38.3 Å². The number of carbonyl (C=O) groups excluding carboxylic acids is 1. The molecule has 2 aliphatic rings. The Labute approximate surface area is 120 Å². The first-order chi connectivity index (χ1) is 9.79. The summed E-state index contributed by atoms with van der Waals surface area (Å²) < 4.78 is 5.51. The van der Waals surface area contributed by atoms with Gasteiger partial charge in [-0.3, -0.25) is 4.79 Å². The lowest BCUT2D eigenvalue weighted by molar-refractivity contribution is -0.123. The van der Waals surface area contributed by atoms with Gasteiger partial charge in [0.05, 0.1) is 19.1 Å². The van der Waals surface area contributed by atoms with Gasteiger partial charge >= 0.3 is 0 Å². The maximum atomic E-state index is 12.5. The van der Waals surface area contributed by atoms with Gasteiger partial charge in [0.25, 0.3) is 0 Å². The molecule has 3 heteroatoms. The van der Waals surface area contributed by atoms with Crippen molar-refractivity contribution in [1.29, 1.82) is 0 Å². The fourth-order valence-corrected chi connectivity index (χ4v) is 3.34. The molecular weight excluding hydrogens is 250 g/mol. The smallest absolute Gasteiger partial charge is 0.140 e. The van der Waals surface area contributed by atoms with Gasteiger partial charge < -0.3 is 10.1 Å². The Kier molecular flexibility index (Phi) is 4.18. The minimum absolute atomic E-state index is 0.0503. The van der Waals surface area contributed by atoms with E-state index in [0.717, 1.165) is 19.4 Å². The van der Waals surface area contributed by atoms with Crippen LogP contribution in [0.25, 0.3) is 0 Å². The largest absolute Gasteiger partial charge is 0.379 e. The van der Waals surface area contributed by atoms with E-state index in [1.807, 2.05) is 0 Å². The highest BCUT2D eigenvalue weighted by molar-refractivity contribution is 5.83.